The smallest absolute Gasteiger partial charge is 0.270 e. The Balaban J connectivity index is 0.000000281. The number of aliphatic hydroxyl groups is 4. The summed E-state index contributed by atoms with van der Waals surface area (Å²) in [6.07, 6.45) is 1.26. The number of benzene rings is 2. The Morgan fingerprint density at radius 3 is 1.59 bits per heavy atom. The Morgan fingerprint density at radius 1 is 0.732 bits per heavy atom. The van der Waals surface area contributed by atoms with Crippen molar-refractivity contribution in [2.45, 2.75) is 71.9 Å². The lowest BCUT2D eigenvalue weighted by Gasteiger charge is -2.26. The SMILES string of the molecule is C.CC(C)(CCO)c1cc2cc(N)ccc2n1CCO.CC(C)(CCO)c1cc2cc([N+](=O)[O-])ccc2n1CCO. The number of nitro groups is 1. The second-order valence-corrected chi connectivity index (χ2v) is 11.3. The molecule has 10 heteroatoms. The van der Waals surface area contributed by atoms with E-state index in [1.165, 1.54) is 6.07 Å². The van der Waals surface area contributed by atoms with Gasteiger partial charge in [-0.1, -0.05) is 35.1 Å². The molecule has 0 saturated heterocycles. The Bertz CT molecular complexity index is 1450. The molecular weight excluding hydrogens is 524 g/mol. The lowest BCUT2D eigenvalue weighted by Crippen LogP contribution is -2.23. The maximum absolute atomic E-state index is 10.9. The van der Waals surface area contributed by atoms with Crippen LogP contribution in [0.2, 0.25) is 0 Å². The number of rotatable bonds is 11. The molecule has 0 amide bonds. The summed E-state index contributed by atoms with van der Waals surface area (Å²) < 4.78 is 4.08. The van der Waals surface area contributed by atoms with Crippen LogP contribution in [0.15, 0.2) is 48.5 Å². The van der Waals surface area contributed by atoms with Crippen molar-refractivity contribution in [3.05, 3.63) is 70.0 Å². The number of anilines is 1. The van der Waals surface area contributed by atoms with Gasteiger partial charge in [0.25, 0.3) is 5.69 Å². The molecule has 4 aromatic rings. The minimum atomic E-state index is -0.415. The standard InChI is InChI=1S/C15H20N2O4.C15H22N2O2.CH4/c1-15(2,5-7-18)14-10-11-9-12(17(20)21)3-4-13(11)16(14)6-8-19;1-15(2,5-7-18)14-10-11-9-12(16)3-4-13(11)17(14)6-8-19;/h3-4,9-10,18-19H,5-8H2,1-2H3;3-4,9-10,18-19H,5-8,16H2,1-2H3;1H4. The fraction of sp³-hybridized carbons (Fsp3) is 0.484. The van der Waals surface area contributed by atoms with Crippen LogP contribution in [-0.4, -0.2) is 60.9 Å². The van der Waals surface area contributed by atoms with Crippen LogP contribution in [-0.2, 0) is 23.9 Å². The van der Waals surface area contributed by atoms with Gasteiger partial charge in [0.2, 0.25) is 0 Å². The Hall–Kier alpha value is -3.44. The number of aliphatic hydroxyl groups excluding tert-OH is 4. The van der Waals surface area contributed by atoms with Crippen LogP contribution in [0, 0.1) is 10.1 Å². The summed E-state index contributed by atoms with van der Waals surface area (Å²) in [4.78, 5) is 10.5. The molecule has 0 saturated carbocycles. The van der Waals surface area contributed by atoms with Gasteiger partial charge in [0.15, 0.2) is 0 Å². The highest BCUT2D eigenvalue weighted by molar-refractivity contribution is 5.85. The van der Waals surface area contributed by atoms with E-state index in [0.717, 1.165) is 38.9 Å². The van der Waals surface area contributed by atoms with Gasteiger partial charge in [-0.2, -0.15) is 0 Å². The van der Waals surface area contributed by atoms with E-state index >= 15 is 0 Å². The summed E-state index contributed by atoms with van der Waals surface area (Å²) in [6.45, 7) is 9.51. The fourth-order valence-electron chi connectivity index (χ4n) is 5.28. The molecule has 2 aromatic carbocycles. The second kappa shape index (κ2) is 14.0. The molecule has 2 heterocycles. The highest BCUT2D eigenvalue weighted by Gasteiger charge is 2.27. The summed E-state index contributed by atoms with van der Waals surface area (Å²) >= 11 is 0. The third-order valence-electron chi connectivity index (χ3n) is 7.53. The number of nitrogen functional groups attached to an aromatic ring is 1. The molecule has 0 aliphatic rings. The number of nitrogens with two attached hydrogens (primary N) is 1. The molecule has 41 heavy (non-hydrogen) atoms. The number of hydrogen-bond donors (Lipinski definition) is 5. The van der Waals surface area contributed by atoms with Gasteiger partial charge in [0.1, 0.15) is 0 Å². The zero-order valence-corrected chi connectivity index (χ0v) is 23.8. The minimum Gasteiger partial charge on any atom is -0.399 e. The van der Waals surface area contributed by atoms with Crippen molar-refractivity contribution in [1.82, 2.24) is 9.13 Å². The maximum atomic E-state index is 10.9. The average Bonchev–Trinajstić information content (AvgIpc) is 3.44. The topological polar surface area (TPSA) is 160 Å². The van der Waals surface area contributed by atoms with Crippen molar-refractivity contribution in [1.29, 1.82) is 0 Å². The van der Waals surface area contributed by atoms with Gasteiger partial charge in [0, 0.05) is 88.1 Å². The first kappa shape index (κ1) is 33.8. The largest absolute Gasteiger partial charge is 0.399 e. The second-order valence-electron chi connectivity index (χ2n) is 11.3. The first-order valence-electron chi connectivity index (χ1n) is 13.5. The Morgan fingerprint density at radius 2 is 1.17 bits per heavy atom. The Labute approximate surface area is 241 Å². The van der Waals surface area contributed by atoms with Gasteiger partial charge in [-0.05, 0) is 49.2 Å². The average molecular weight is 571 g/mol. The van der Waals surface area contributed by atoms with Crippen molar-refractivity contribution in [2.75, 3.05) is 32.2 Å². The van der Waals surface area contributed by atoms with Crippen molar-refractivity contribution in [2.24, 2.45) is 0 Å². The first-order chi connectivity index (χ1) is 18.9. The molecule has 0 atom stereocenters. The molecule has 4 rings (SSSR count). The van der Waals surface area contributed by atoms with E-state index in [2.05, 4.69) is 24.5 Å². The number of nitro benzene ring substituents is 1. The monoisotopic (exact) mass is 570 g/mol. The normalized spacial score (nSPS) is 11.8. The van der Waals surface area contributed by atoms with E-state index < -0.39 is 4.92 Å². The summed E-state index contributed by atoms with van der Waals surface area (Å²) in [5, 5.41) is 49.8. The summed E-state index contributed by atoms with van der Waals surface area (Å²) in [7, 11) is 0. The molecule has 0 spiro atoms. The van der Waals surface area contributed by atoms with Gasteiger partial charge in [-0.15, -0.1) is 0 Å². The predicted molar refractivity (Wildman–Crippen MR) is 165 cm³/mol. The van der Waals surface area contributed by atoms with Crippen molar-refractivity contribution >= 4 is 33.2 Å². The highest BCUT2D eigenvalue weighted by Crippen LogP contribution is 2.34. The molecule has 6 N–H and O–H groups in total. The molecule has 226 valence electrons. The minimum absolute atomic E-state index is 0. The predicted octanol–water partition coefficient (Wildman–Crippen LogP) is 4.71. The van der Waals surface area contributed by atoms with Crippen LogP contribution < -0.4 is 5.73 Å². The summed E-state index contributed by atoms with van der Waals surface area (Å²) in [6, 6.07) is 14.5. The van der Waals surface area contributed by atoms with Crippen LogP contribution in [0.25, 0.3) is 21.8 Å². The van der Waals surface area contributed by atoms with Gasteiger partial charge in [-0.25, -0.2) is 0 Å². The van der Waals surface area contributed by atoms with Crippen molar-refractivity contribution < 1.29 is 25.3 Å². The van der Waals surface area contributed by atoms with Crippen molar-refractivity contribution in [3.63, 3.8) is 0 Å². The van der Waals surface area contributed by atoms with E-state index in [0.29, 0.717) is 25.9 Å². The van der Waals surface area contributed by atoms with Gasteiger partial charge in [-0.3, -0.25) is 10.1 Å². The van der Waals surface area contributed by atoms with E-state index in [4.69, 9.17) is 5.73 Å². The van der Waals surface area contributed by atoms with Crippen LogP contribution in [0.5, 0.6) is 0 Å². The van der Waals surface area contributed by atoms with E-state index in [1.807, 2.05) is 42.7 Å². The number of nitrogens with zero attached hydrogens (tertiary/aromatic N) is 3. The zero-order chi connectivity index (χ0) is 29.7. The van der Waals surface area contributed by atoms with Crippen molar-refractivity contribution in [3.8, 4) is 0 Å². The number of fused-ring (bicyclic) bond motifs is 2. The fourth-order valence-corrected chi connectivity index (χ4v) is 5.28. The van der Waals surface area contributed by atoms with E-state index in [-0.39, 0.29) is 50.4 Å². The van der Waals surface area contributed by atoms with Crippen LogP contribution >= 0.6 is 0 Å². The number of non-ortho nitro benzene ring substituents is 1. The maximum Gasteiger partial charge on any atom is 0.270 e. The molecule has 0 bridgehead atoms. The van der Waals surface area contributed by atoms with Crippen LogP contribution in [0.1, 0.15) is 59.4 Å². The van der Waals surface area contributed by atoms with Gasteiger partial charge < -0.3 is 35.3 Å². The summed E-state index contributed by atoms with van der Waals surface area (Å²) in [5.74, 6) is 0. The molecule has 0 aliphatic carbocycles. The number of hydrogen-bond acceptors (Lipinski definition) is 7. The molecular formula is C31H46N4O6. The zero-order valence-electron chi connectivity index (χ0n) is 23.8. The third kappa shape index (κ3) is 7.45. The molecule has 2 aromatic heterocycles. The lowest BCUT2D eigenvalue weighted by molar-refractivity contribution is -0.384. The molecule has 0 fully saturated rings. The van der Waals surface area contributed by atoms with E-state index in [1.54, 1.807) is 12.1 Å². The lowest BCUT2D eigenvalue weighted by atomic mass is 9.85. The first-order valence-corrected chi connectivity index (χ1v) is 13.5. The quantitative estimate of drug-likeness (QED) is 0.0991. The molecule has 0 unspecified atom stereocenters. The van der Waals surface area contributed by atoms with Gasteiger partial charge in [0.05, 0.1) is 18.1 Å². The van der Waals surface area contributed by atoms with Gasteiger partial charge >= 0.3 is 0 Å². The van der Waals surface area contributed by atoms with E-state index in [9.17, 15) is 30.5 Å². The molecule has 0 aliphatic heterocycles. The van der Waals surface area contributed by atoms with Crippen LogP contribution in [0.3, 0.4) is 0 Å². The van der Waals surface area contributed by atoms with Crippen LogP contribution in [0.4, 0.5) is 11.4 Å². The third-order valence-corrected chi connectivity index (χ3v) is 7.53. The molecule has 0 radical (unpaired) electrons. The number of aromatic nitrogens is 2. The highest BCUT2D eigenvalue weighted by atomic mass is 16.6. The summed E-state index contributed by atoms with van der Waals surface area (Å²) in [5.41, 5.74) is 10.2. The Kier molecular flexibility index (Phi) is 11.5. The molecule has 10 nitrogen and oxygen atoms in total.